The van der Waals surface area contributed by atoms with Gasteiger partial charge < -0.3 is 34.7 Å². The average molecular weight is 372 g/mol. The van der Waals surface area contributed by atoms with E-state index >= 15 is 0 Å². The van der Waals surface area contributed by atoms with Gasteiger partial charge in [-0.3, -0.25) is 4.57 Å². The standard InChI is InChI=1S/C13H20N5O6P/c1-6(2)25(21,22)23-3-7-9(19)10(20)13(24-7)18-5-17-8-11(14)15-4-16-12(8)18/h4-7,9-10,13,19-20H,3H2,1-2H3,(H,21,22)(H2,14,15,16)/p-1/t7-,9-,10-,13-/m1/s1. The van der Waals surface area contributed by atoms with E-state index in [0.29, 0.717) is 11.2 Å². The van der Waals surface area contributed by atoms with Gasteiger partial charge in [-0.25, -0.2) is 15.0 Å². The lowest BCUT2D eigenvalue weighted by Crippen LogP contribution is -2.34. The molecule has 0 aromatic carbocycles. The quantitative estimate of drug-likeness (QED) is 0.554. The van der Waals surface area contributed by atoms with E-state index in [0.717, 1.165) is 0 Å². The Bertz CT molecular complexity index is 813. The zero-order valence-electron chi connectivity index (χ0n) is 13.6. The molecule has 11 nitrogen and oxygen atoms in total. The monoisotopic (exact) mass is 372 g/mol. The minimum atomic E-state index is -4.07. The molecule has 1 saturated heterocycles. The summed E-state index contributed by atoms with van der Waals surface area (Å²) in [5.41, 5.74) is 5.66. The lowest BCUT2D eigenvalue weighted by atomic mass is 10.1. The summed E-state index contributed by atoms with van der Waals surface area (Å²) in [5, 5.41) is 20.4. The predicted molar refractivity (Wildman–Crippen MR) is 84.4 cm³/mol. The number of aliphatic hydroxyl groups excluding tert-OH is 2. The summed E-state index contributed by atoms with van der Waals surface area (Å²) in [4.78, 5) is 23.7. The van der Waals surface area contributed by atoms with Crippen molar-refractivity contribution >= 4 is 24.6 Å². The van der Waals surface area contributed by atoms with Crippen LogP contribution in [0.5, 0.6) is 0 Å². The maximum atomic E-state index is 11.8. The van der Waals surface area contributed by atoms with E-state index in [1.807, 2.05) is 0 Å². The molecule has 5 atom stereocenters. The fourth-order valence-electron chi connectivity index (χ4n) is 2.48. The van der Waals surface area contributed by atoms with Crippen LogP contribution < -0.4 is 10.6 Å². The Morgan fingerprint density at radius 1 is 1.40 bits per heavy atom. The van der Waals surface area contributed by atoms with Crippen LogP contribution in [0.1, 0.15) is 20.1 Å². The second-order valence-electron chi connectivity index (χ2n) is 6.06. The Hall–Kier alpha value is -1.62. The normalized spacial score (nSPS) is 29.4. The number of ether oxygens (including phenoxy) is 1. The number of fused-ring (bicyclic) bond motifs is 1. The number of imidazole rings is 1. The molecule has 4 N–H and O–H groups in total. The van der Waals surface area contributed by atoms with E-state index in [-0.39, 0.29) is 5.82 Å². The van der Waals surface area contributed by atoms with Gasteiger partial charge in [-0.05, 0) is 0 Å². The molecule has 0 saturated carbocycles. The van der Waals surface area contributed by atoms with Crippen molar-refractivity contribution in [2.75, 3.05) is 12.3 Å². The molecule has 2 aromatic rings. The maximum Gasteiger partial charge on any atom is 0.167 e. The zero-order valence-corrected chi connectivity index (χ0v) is 14.5. The van der Waals surface area contributed by atoms with Crippen molar-refractivity contribution in [3.63, 3.8) is 0 Å². The highest BCUT2D eigenvalue weighted by atomic mass is 31.2. The molecular formula is C13H19N5O6P-. The number of nitrogens with two attached hydrogens (primary N) is 1. The van der Waals surface area contributed by atoms with Gasteiger partial charge in [0.1, 0.15) is 37.8 Å². The van der Waals surface area contributed by atoms with Crippen LogP contribution in [0.25, 0.3) is 11.2 Å². The smallest absolute Gasteiger partial charge is 0.167 e. The molecule has 12 heteroatoms. The Morgan fingerprint density at radius 3 is 2.80 bits per heavy atom. The molecule has 0 amide bonds. The van der Waals surface area contributed by atoms with Gasteiger partial charge >= 0.3 is 0 Å². The van der Waals surface area contributed by atoms with E-state index in [4.69, 9.17) is 15.0 Å². The van der Waals surface area contributed by atoms with Gasteiger partial charge in [0.2, 0.25) is 0 Å². The number of rotatable bonds is 5. The topological polar surface area (TPSA) is 169 Å². The first-order valence-corrected chi connectivity index (χ1v) is 9.23. The Kier molecular flexibility index (Phi) is 4.80. The summed E-state index contributed by atoms with van der Waals surface area (Å²) in [7, 11) is -4.07. The molecule has 0 radical (unpaired) electrons. The minimum absolute atomic E-state index is 0.167. The van der Waals surface area contributed by atoms with Crippen molar-refractivity contribution < 1.29 is 28.9 Å². The summed E-state index contributed by atoms with van der Waals surface area (Å²) >= 11 is 0. The van der Waals surface area contributed by atoms with Crippen LogP contribution in [0, 0.1) is 0 Å². The van der Waals surface area contributed by atoms with Crippen molar-refractivity contribution in [3.8, 4) is 0 Å². The molecule has 3 heterocycles. The molecule has 25 heavy (non-hydrogen) atoms. The molecule has 1 fully saturated rings. The van der Waals surface area contributed by atoms with Gasteiger partial charge in [-0.2, -0.15) is 0 Å². The number of nitrogen functional groups attached to an aromatic ring is 1. The van der Waals surface area contributed by atoms with Gasteiger partial charge in [0.25, 0.3) is 0 Å². The molecular weight excluding hydrogens is 353 g/mol. The summed E-state index contributed by atoms with van der Waals surface area (Å²) in [5.74, 6) is 0.167. The van der Waals surface area contributed by atoms with E-state index in [2.05, 4.69) is 15.0 Å². The minimum Gasteiger partial charge on any atom is -0.778 e. The lowest BCUT2D eigenvalue weighted by Gasteiger charge is -2.28. The largest absolute Gasteiger partial charge is 0.778 e. The number of hydrogen-bond acceptors (Lipinski definition) is 10. The fourth-order valence-corrected chi connectivity index (χ4v) is 3.13. The van der Waals surface area contributed by atoms with Crippen LogP contribution in [0.3, 0.4) is 0 Å². The number of aliphatic hydroxyl groups is 2. The number of aromatic nitrogens is 4. The van der Waals surface area contributed by atoms with Crippen molar-refractivity contribution in [1.29, 1.82) is 0 Å². The molecule has 0 bridgehead atoms. The molecule has 0 spiro atoms. The molecule has 1 aliphatic rings. The fraction of sp³-hybridized carbons (Fsp3) is 0.615. The van der Waals surface area contributed by atoms with Crippen molar-refractivity contribution in [2.24, 2.45) is 0 Å². The lowest BCUT2D eigenvalue weighted by molar-refractivity contribution is -0.203. The number of hydrogen-bond donors (Lipinski definition) is 3. The molecule has 1 aliphatic heterocycles. The van der Waals surface area contributed by atoms with E-state index < -0.39 is 44.4 Å². The zero-order chi connectivity index (χ0) is 18.4. The Balaban J connectivity index is 1.80. The number of anilines is 1. The van der Waals surface area contributed by atoms with Gasteiger partial charge in [0.05, 0.1) is 12.9 Å². The Morgan fingerprint density at radius 2 is 2.12 bits per heavy atom. The van der Waals surface area contributed by atoms with E-state index in [9.17, 15) is 19.7 Å². The summed E-state index contributed by atoms with van der Waals surface area (Å²) in [6, 6.07) is 0. The van der Waals surface area contributed by atoms with Crippen LogP contribution in [-0.2, 0) is 13.8 Å². The third-order valence-electron chi connectivity index (χ3n) is 4.05. The first-order valence-electron chi connectivity index (χ1n) is 7.62. The van der Waals surface area contributed by atoms with Crippen molar-refractivity contribution in [3.05, 3.63) is 12.7 Å². The predicted octanol–water partition coefficient (Wildman–Crippen LogP) is -0.994. The summed E-state index contributed by atoms with van der Waals surface area (Å²) in [6.45, 7) is 2.57. The molecule has 138 valence electrons. The maximum absolute atomic E-state index is 11.8. The number of nitrogens with zero attached hydrogens (tertiary/aromatic N) is 4. The van der Waals surface area contributed by atoms with E-state index in [1.54, 1.807) is 0 Å². The first-order chi connectivity index (χ1) is 11.7. The van der Waals surface area contributed by atoms with Gasteiger partial charge in [-0.15, -0.1) is 0 Å². The van der Waals surface area contributed by atoms with Crippen LogP contribution in [0.15, 0.2) is 12.7 Å². The summed E-state index contributed by atoms with van der Waals surface area (Å²) in [6.07, 6.45) is -2.12. The molecule has 1 unspecified atom stereocenters. The highest BCUT2D eigenvalue weighted by Gasteiger charge is 2.44. The second-order valence-corrected chi connectivity index (χ2v) is 8.43. The van der Waals surface area contributed by atoms with Crippen LogP contribution in [0.2, 0.25) is 0 Å². The van der Waals surface area contributed by atoms with Crippen LogP contribution >= 0.6 is 7.60 Å². The van der Waals surface area contributed by atoms with Crippen molar-refractivity contribution in [2.45, 2.75) is 44.0 Å². The third-order valence-corrected chi connectivity index (χ3v) is 5.82. The van der Waals surface area contributed by atoms with E-state index in [1.165, 1.54) is 31.1 Å². The second kappa shape index (κ2) is 6.60. The SMILES string of the molecule is CC(C)P(=O)([O-])OC[C@H]1O[C@@H](n2cnc3c(N)ncnc32)[C@H](O)[C@@H]1O. The van der Waals surface area contributed by atoms with Crippen molar-refractivity contribution in [1.82, 2.24) is 19.5 Å². The molecule has 2 aromatic heterocycles. The van der Waals surface area contributed by atoms with Crippen LogP contribution in [-0.4, -0.2) is 60.3 Å². The third kappa shape index (κ3) is 3.26. The van der Waals surface area contributed by atoms with Gasteiger partial charge in [0.15, 0.2) is 17.7 Å². The van der Waals surface area contributed by atoms with Gasteiger partial charge in [0, 0.05) is 5.66 Å². The highest BCUT2D eigenvalue weighted by molar-refractivity contribution is 7.52. The summed E-state index contributed by atoms with van der Waals surface area (Å²) < 4.78 is 23.7. The average Bonchev–Trinajstić information content (AvgIpc) is 3.09. The van der Waals surface area contributed by atoms with Crippen LogP contribution in [0.4, 0.5) is 5.82 Å². The molecule has 3 rings (SSSR count). The van der Waals surface area contributed by atoms with Gasteiger partial charge in [-0.1, -0.05) is 13.8 Å². The molecule has 0 aliphatic carbocycles. The highest BCUT2D eigenvalue weighted by Crippen LogP contribution is 2.43. The Labute approximate surface area is 143 Å². The first kappa shape index (κ1) is 18.2.